The second-order valence-electron chi connectivity index (χ2n) is 3.22. The number of benzene rings is 2. The molecule has 0 amide bonds. The molecule has 0 heterocycles. The largest absolute Gasteiger partial charge is 0.507 e. The van der Waals surface area contributed by atoms with E-state index in [0.717, 1.165) is 0 Å². The van der Waals surface area contributed by atoms with Gasteiger partial charge >= 0.3 is 0 Å². The van der Waals surface area contributed by atoms with Crippen LogP contribution in [-0.4, -0.2) is 18.1 Å². The van der Waals surface area contributed by atoms with Crippen LogP contribution in [0.1, 0.15) is 0 Å². The number of aromatic hydroxyl groups is 1. The third-order valence-electron chi connectivity index (χ3n) is 2.21. The molecule has 0 saturated heterocycles. The molecule has 0 unspecified atom stereocenters. The van der Waals surface area contributed by atoms with E-state index in [0.29, 0.717) is 0 Å². The van der Waals surface area contributed by atoms with Gasteiger partial charge in [0.2, 0.25) is 0 Å². The molecule has 2 aromatic carbocycles. The maximum absolute atomic E-state index is 11.1. The Morgan fingerprint density at radius 2 is 1.81 bits per heavy atom. The molecule has 0 radical (unpaired) electrons. The van der Waals surface area contributed by atoms with E-state index in [1.807, 2.05) is 0 Å². The average molecular weight is 259 g/mol. The van der Waals surface area contributed by atoms with E-state index >= 15 is 0 Å². The van der Waals surface area contributed by atoms with Crippen LogP contribution in [-0.2, 0) is 10.1 Å². The molecule has 2 aromatic rings. The van der Waals surface area contributed by atoms with Crippen molar-refractivity contribution in [2.45, 2.75) is 4.90 Å². The molecule has 0 aliphatic carbocycles. The highest BCUT2D eigenvalue weighted by Gasteiger charge is 2.16. The van der Waals surface area contributed by atoms with Crippen molar-refractivity contribution in [3.8, 4) is 5.75 Å². The van der Waals surface area contributed by atoms with Crippen molar-refractivity contribution >= 4 is 32.5 Å². The molecule has 6 heteroatoms. The monoisotopic (exact) mass is 258 g/mol. The summed E-state index contributed by atoms with van der Waals surface area (Å²) in [7, 11) is -4.33. The number of hydrogen-bond acceptors (Lipinski definition) is 3. The molecule has 0 spiro atoms. The van der Waals surface area contributed by atoms with E-state index in [9.17, 15) is 13.5 Å². The summed E-state index contributed by atoms with van der Waals surface area (Å²) in [5.41, 5.74) is 0. The molecule has 0 aliphatic rings. The summed E-state index contributed by atoms with van der Waals surface area (Å²) in [5.74, 6) is -0.131. The molecule has 84 valence electrons. The molecule has 0 aliphatic heterocycles. The Morgan fingerprint density at radius 3 is 2.44 bits per heavy atom. The standard InChI is InChI=1S/C10H7ClO4S/c11-7-4-5-9(16(13,14)15)6-2-1-3-8(12)10(6)7/h1-5,12H,(H,13,14,15). The third kappa shape index (κ3) is 1.73. The van der Waals surface area contributed by atoms with Crippen molar-refractivity contribution in [3.63, 3.8) is 0 Å². The minimum atomic E-state index is -4.33. The maximum Gasteiger partial charge on any atom is 0.295 e. The SMILES string of the molecule is O=S(=O)(O)c1ccc(Cl)c2c(O)cccc12. The summed E-state index contributed by atoms with van der Waals surface area (Å²) in [4.78, 5) is -0.275. The first-order valence-corrected chi connectivity index (χ1v) is 6.11. The zero-order valence-corrected chi connectivity index (χ0v) is 9.46. The topological polar surface area (TPSA) is 74.6 Å². The highest BCUT2D eigenvalue weighted by atomic mass is 35.5. The Morgan fingerprint density at radius 1 is 1.12 bits per heavy atom. The maximum atomic E-state index is 11.1. The first-order valence-electron chi connectivity index (χ1n) is 4.29. The fraction of sp³-hybridized carbons (Fsp3) is 0. The smallest absolute Gasteiger partial charge is 0.295 e. The van der Waals surface area contributed by atoms with Gasteiger partial charge in [-0.3, -0.25) is 4.55 Å². The van der Waals surface area contributed by atoms with Crippen LogP contribution in [0.5, 0.6) is 5.75 Å². The van der Waals surface area contributed by atoms with E-state index in [4.69, 9.17) is 16.2 Å². The first kappa shape index (κ1) is 11.2. The summed E-state index contributed by atoms with van der Waals surface area (Å²) >= 11 is 5.85. The normalized spacial score (nSPS) is 11.9. The van der Waals surface area contributed by atoms with Gasteiger partial charge in [-0.1, -0.05) is 23.7 Å². The first-order chi connectivity index (χ1) is 7.41. The molecule has 2 N–H and O–H groups in total. The van der Waals surface area contributed by atoms with E-state index in [-0.39, 0.29) is 26.4 Å². The minimum absolute atomic E-state index is 0.131. The Kier molecular flexibility index (Phi) is 2.53. The molecule has 2 rings (SSSR count). The lowest BCUT2D eigenvalue weighted by Gasteiger charge is -2.06. The number of rotatable bonds is 1. The Hall–Kier alpha value is -1.30. The van der Waals surface area contributed by atoms with Gasteiger partial charge in [0.15, 0.2) is 0 Å². The second kappa shape index (κ2) is 3.62. The van der Waals surface area contributed by atoms with Crippen LogP contribution in [0.2, 0.25) is 5.02 Å². The lowest BCUT2D eigenvalue weighted by Crippen LogP contribution is -1.99. The van der Waals surface area contributed by atoms with Crippen molar-refractivity contribution in [3.05, 3.63) is 35.4 Å². The highest BCUT2D eigenvalue weighted by molar-refractivity contribution is 7.86. The molecule has 16 heavy (non-hydrogen) atoms. The van der Waals surface area contributed by atoms with Crippen LogP contribution >= 0.6 is 11.6 Å². The van der Waals surface area contributed by atoms with Gasteiger partial charge in [0.25, 0.3) is 10.1 Å². The molecule has 0 bridgehead atoms. The lowest BCUT2D eigenvalue weighted by atomic mass is 10.1. The van der Waals surface area contributed by atoms with Crippen molar-refractivity contribution in [1.29, 1.82) is 0 Å². The molecule has 0 atom stereocenters. The van der Waals surface area contributed by atoms with E-state index in [1.54, 1.807) is 0 Å². The molecular formula is C10H7ClO4S. The Balaban J connectivity index is 3.02. The highest BCUT2D eigenvalue weighted by Crippen LogP contribution is 2.34. The van der Waals surface area contributed by atoms with Gasteiger partial charge in [0.1, 0.15) is 10.6 Å². The van der Waals surface area contributed by atoms with Gasteiger partial charge in [-0.25, -0.2) is 0 Å². The number of phenolic OH excluding ortho intramolecular Hbond substituents is 1. The number of hydrogen-bond donors (Lipinski definition) is 2. The number of fused-ring (bicyclic) bond motifs is 1. The van der Waals surface area contributed by atoms with Gasteiger partial charge in [-0.2, -0.15) is 8.42 Å². The van der Waals surface area contributed by atoms with Gasteiger partial charge in [-0.05, 0) is 18.2 Å². The molecule has 0 saturated carbocycles. The molecule has 4 nitrogen and oxygen atoms in total. The van der Waals surface area contributed by atoms with Crippen LogP contribution in [0.15, 0.2) is 35.2 Å². The predicted octanol–water partition coefficient (Wildman–Crippen LogP) is 2.45. The van der Waals surface area contributed by atoms with Crippen molar-refractivity contribution in [2.24, 2.45) is 0 Å². The van der Waals surface area contributed by atoms with Crippen molar-refractivity contribution in [2.75, 3.05) is 0 Å². The molecule has 0 aromatic heterocycles. The van der Waals surface area contributed by atoms with Crippen LogP contribution in [0.25, 0.3) is 10.8 Å². The summed E-state index contributed by atoms with van der Waals surface area (Å²) in [6.45, 7) is 0. The van der Waals surface area contributed by atoms with Gasteiger partial charge in [0, 0.05) is 10.8 Å². The number of phenols is 1. The van der Waals surface area contributed by atoms with Crippen molar-refractivity contribution in [1.82, 2.24) is 0 Å². The number of halogens is 1. The fourth-order valence-electron chi connectivity index (χ4n) is 1.54. The van der Waals surface area contributed by atoms with E-state index < -0.39 is 10.1 Å². The quantitative estimate of drug-likeness (QED) is 0.771. The zero-order valence-electron chi connectivity index (χ0n) is 7.88. The minimum Gasteiger partial charge on any atom is -0.507 e. The zero-order chi connectivity index (χ0) is 11.9. The summed E-state index contributed by atoms with van der Waals surface area (Å²) in [6, 6.07) is 6.83. The predicted molar refractivity (Wildman–Crippen MR) is 60.4 cm³/mol. The van der Waals surface area contributed by atoms with Gasteiger partial charge < -0.3 is 5.11 Å². The van der Waals surface area contributed by atoms with E-state index in [2.05, 4.69) is 0 Å². The van der Waals surface area contributed by atoms with Crippen LogP contribution < -0.4 is 0 Å². The Bertz CT molecular complexity index is 656. The third-order valence-corrected chi connectivity index (χ3v) is 3.43. The van der Waals surface area contributed by atoms with Crippen molar-refractivity contribution < 1.29 is 18.1 Å². The molecular weight excluding hydrogens is 252 g/mol. The Labute approximate surface area is 96.8 Å². The fourth-order valence-corrected chi connectivity index (χ4v) is 2.49. The second-order valence-corrected chi connectivity index (χ2v) is 5.02. The summed E-state index contributed by atoms with van der Waals surface area (Å²) in [6.07, 6.45) is 0. The average Bonchev–Trinajstić information content (AvgIpc) is 2.16. The van der Waals surface area contributed by atoms with E-state index in [1.165, 1.54) is 30.3 Å². The summed E-state index contributed by atoms with van der Waals surface area (Å²) < 4.78 is 31.2. The van der Waals surface area contributed by atoms with Crippen LogP contribution in [0.3, 0.4) is 0 Å². The van der Waals surface area contributed by atoms with Crippen LogP contribution in [0, 0.1) is 0 Å². The lowest BCUT2D eigenvalue weighted by molar-refractivity contribution is 0.481. The van der Waals surface area contributed by atoms with Crippen LogP contribution in [0.4, 0.5) is 0 Å². The van der Waals surface area contributed by atoms with Gasteiger partial charge in [0.05, 0.1) is 5.02 Å². The van der Waals surface area contributed by atoms with Gasteiger partial charge in [-0.15, -0.1) is 0 Å². The summed E-state index contributed by atoms with van der Waals surface area (Å²) in [5, 5.41) is 10.2. The molecule has 0 fully saturated rings.